The zero-order chi connectivity index (χ0) is 21.8. The van der Waals surface area contributed by atoms with Gasteiger partial charge in [-0.15, -0.1) is 11.3 Å². The van der Waals surface area contributed by atoms with Gasteiger partial charge in [0.15, 0.2) is 0 Å². The Morgan fingerprint density at radius 1 is 1.10 bits per heavy atom. The van der Waals surface area contributed by atoms with Gasteiger partial charge in [-0.3, -0.25) is 0 Å². The van der Waals surface area contributed by atoms with Crippen molar-refractivity contribution >= 4 is 23.3 Å². The van der Waals surface area contributed by atoms with Crippen molar-refractivity contribution in [1.29, 1.82) is 0 Å². The van der Waals surface area contributed by atoms with Gasteiger partial charge in [-0.1, -0.05) is 24.3 Å². The highest BCUT2D eigenvalue weighted by molar-refractivity contribution is 7.10. The smallest absolute Gasteiger partial charge is 0.328 e. The first-order valence-electron chi connectivity index (χ1n) is 9.26. The Kier molecular flexibility index (Phi) is 10.7. The van der Waals surface area contributed by atoms with Crippen LogP contribution in [0.1, 0.15) is 36.6 Å². The van der Waals surface area contributed by atoms with Crippen LogP contribution in [0.2, 0.25) is 0 Å². The molecule has 2 N–H and O–H groups in total. The van der Waals surface area contributed by atoms with Gasteiger partial charge >= 0.3 is 11.9 Å². The zero-order valence-electron chi connectivity index (χ0n) is 17.2. The molecule has 0 fully saturated rings. The molecule has 2 aromatic rings. The molecule has 7 heteroatoms. The van der Waals surface area contributed by atoms with E-state index < -0.39 is 11.9 Å². The van der Waals surface area contributed by atoms with Crippen molar-refractivity contribution in [3.63, 3.8) is 0 Å². The van der Waals surface area contributed by atoms with E-state index in [1.54, 1.807) is 7.11 Å². The molecule has 158 valence electrons. The summed E-state index contributed by atoms with van der Waals surface area (Å²) in [5.74, 6) is -1.12. The van der Waals surface area contributed by atoms with Crippen LogP contribution in [0.3, 0.4) is 0 Å². The zero-order valence-corrected chi connectivity index (χ0v) is 18.1. The maximum atomic E-state index is 9.55. The molecule has 0 bridgehead atoms. The Hall–Kier alpha value is -2.64. The minimum absolute atomic E-state index is 0.405. The molecule has 1 heterocycles. The van der Waals surface area contributed by atoms with Gasteiger partial charge in [-0.2, -0.15) is 0 Å². The van der Waals surface area contributed by atoms with Crippen molar-refractivity contribution in [2.24, 2.45) is 0 Å². The van der Waals surface area contributed by atoms with Gasteiger partial charge in [0, 0.05) is 34.6 Å². The van der Waals surface area contributed by atoms with Crippen LogP contribution in [-0.4, -0.2) is 53.8 Å². The SMILES string of the molecule is COc1ccccc1C(CCN(C)C(C)C)c1cccs1.O=C(O)C=CC(=O)O. The van der Waals surface area contributed by atoms with Crippen molar-refractivity contribution in [3.8, 4) is 5.75 Å². The number of nitrogens with zero attached hydrogens (tertiary/aromatic N) is 1. The summed E-state index contributed by atoms with van der Waals surface area (Å²) in [6.07, 6.45) is 2.22. The molecular formula is C22H29NO5S. The van der Waals surface area contributed by atoms with Gasteiger partial charge in [0.25, 0.3) is 0 Å². The molecule has 2 rings (SSSR count). The summed E-state index contributed by atoms with van der Waals surface area (Å²) in [7, 11) is 3.95. The third-order valence-electron chi connectivity index (χ3n) is 4.42. The van der Waals surface area contributed by atoms with E-state index in [4.69, 9.17) is 14.9 Å². The van der Waals surface area contributed by atoms with Gasteiger partial charge < -0.3 is 19.8 Å². The summed E-state index contributed by atoms with van der Waals surface area (Å²) in [5.41, 5.74) is 1.29. The predicted molar refractivity (Wildman–Crippen MR) is 116 cm³/mol. The molecule has 29 heavy (non-hydrogen) atoms. The van der Waals surface area contributed by atoms with E-state index in [1.807, 2.05) is 17.4 Å². The second-order valence-corrected chi connectivity index (χ2v) is 7.66. The van der Waals surface area contributed by atoms with Gasteiger partial charge in [0.2, 0.25) is 0 Å². The summed E-state index contributed by atoms with van der Waals surface area (Å²) in [5, 5.41) is 17.8. The molecule has 0 radical (unpaired) electrons. The lowest BCUT2D eigenvalue weighted by molar-refractivity contribution is -0.134. The number of benzene rings is 1. The molecule has 0 aliphatic heterocycles. The number of methoxy groups -OCH3 is 1. The number of thiophene rings is 1. The van der Waals surface area contributed by atoms with Crippen LogP contribution in [0.5, 0.6) is 5.75 Å². The number of hydrogen-bond donors (Lipinski definition) is 2. The summed E-state index contributed by atoms with van der Waals surface area (Å²) < 4.78 is 5.57. The fourth-order valence-electron chi connectivity index (χ4n) is 2.63. The van der Waals surface area contributed by atoms with E-state index in [1.165, 1.54) is 10.4 Å². The molecule has 0 amide bonds. The Labute approximate surface area is 176 Å². The van der Waals surface area contributed by atoms with Crippen LogP contribution in [0, 0.1) is 0 Å². The monoisotopic (exact) mass is 419 g/mol. The average Bonchev–Trinajstić information content (AvgIpc) is 3.21. The maximum Gasteiger partial charge on any atom is 0.328 e. The molecule has 6 nitrogen and oxygen atoms in total. The maximum absolute atomic E-state index is 9.55. The number of hydrogen-bond acceptors (Lipinski definition) is 5. The van der Waals surface area contributed by atoms with Crippen LogP contribution in [0.4, 0.5) is 0 Å². The van der Waals surface area contributed by atoms with Crippen LogP contribution >= 0.6 is 11.3 Å². The highest BCUT2D eigenvalue weighted by Gasteiger charge is 2.20. The van der Waals surface area contributed by atoms with Crippen LogP contribution in [-0.2, 0) is 9.59 Å². The molecule has 1 aromatic carbocycles. The number of rotatable bonds is 9. The largest absolute Gasteiger partial charge is 0.496 e. The van der Waals surface area contributed by atoms with E-state index in [9.17, 15) is 9.59 Å². The standard InChI is InChI=1S/C18H25NOS.C4H4O4/c1-14(2)19(3)12-11-16(18-10-7-13-21-18)15-8-5-6-9-17(15)20-4;5-3(6)1-2-4(7)8/h5-10,13-14,16H,11-12H2,1-4H3;1-2H,(H,5,6)(H,7,8). The third kappa shape index (κ3) is 8.93. The number of ether oxygens (including phenoxy) is 1. The quantitative estimate of drug-likeness (QED) is 0.588. The van der Waals surface area contributed by atoms with E-state index in [-0.39, 0.29) is 0 Å². The van der Waals surface area contributed by atoms with E-state index in [2.05, 4.69) is 61.5 Å². The van der Waals surface area contributed by atoms with Crippen LogP contribution < -0.4 is 4.74 Å². The van der Waals surface area contributed by atoms with E-state index in [0.29, 0.717) is 24.1 Å². The number of carboxylic acid groups (broad SMARTS) is 2. The summed E-state index contributed by atoms with van der Waals surface area (Å²) in [4.78, 5) is 22.9. The highest BCUT2D eigenvalue weighted by Crippen LogP contribution is 2.36. The third-order valence-corrected chi connectivity index (χ3v) is 5.41. The minimum atomic E-state index is -1.26. The summed E-state index contributed by atoms with van der Waals surface area (Å²) in [6.45, 7) is 5.56. The van der Waals surface area contributed by atoms with Crippen molar-refractivity contribution in [2.45, 2.75) is 32.2 Å². The first-order valence-corrected chi connectivity index (χ1v) is 10.1. The highest BCUT2D eigenvalue weighted by atomic mass is 32.1. The van der Waals surface area contributed by atoms with Crippen LogP contribution in [0.25, 0.3) is 0 Å². The van der Waals surface area contributed by atoms with Crippen molar-refractivity contribution < 1.29 is 24.5 Å². The fraction of sp³-hybridized carbons (Fsp3) is 0.364. The van der Waals surface area contributed by atoms with Gasteiger partial charge in [-0.05, 0) is 51.4 Å². The number of aliphatic carboxylic acids is 2. The van der Waals surface area contributed by atoms with Crippen molar-refractivity contribution in [1.82, 2.24) is 4.90 Å². The van der Waals surface area contributed by atoms with Crippen molar-refractivity contribution in [2.75, 3.05) is 20.7 Å². The number of para-hydroxylation sites is 1. The van der Waals surface area contributed by atoms with Crippen molar-refractivity contribution in [3.05, 3.63) is 64.4 Å². The lowest BCUT2D eigenvalue weighted by Gasteiger charge is -2.25. The van der Waals surface area contributed by atoms with E-state index >= 15 is 0 Å². The molecule has 1 unspecified atom stereocenters. The predicted octanol–water partition coefficient (Wildman–Crippen LogP) is 4.33. The Morgan fingerprint density at radius 3 is 2.21 bits per heavy atom. The number of carbonyl (C=O) groups is 2. The average molecular weight is 420 g/mol. The molecule has 1 aromatic heterocycles. The Bertz CT molecular complexity index is 770. The normalized spacial score (nSPS) is 11.9. The molecule has 0 aliphatic carbocycles. The molecule has 0 saturated carbocycles. The summed E-state index contributed by atoms with van der Waals surface area (Å²) >= 11 is 1.83. The minimum Gasteiger partial charge on any atom is -0.496 e. The second kappa shape index (κ2) is 12.7. The van der Waals surface area contributed by atoms with Gasteiger partial charge in [0.05, 0.1) is 7.11 Å². The molecular weight excluding hydrogens is 390 g/mol. The number of carboxylic acids is 2. The Morgan fingerprint density at radius 2 is 1.72 bits per heavy atom. The molecule has 0 saturated heterocycles. The fourth-order valence-corrected chi connectivity index (χ4v) is 3.51. The lowest BCUT2D eigenvalue weighted by atomic mass is 9.93. The van der Waals surface area contributed by atoms with E-state index in [0.717, 1.165) is 18.7 Å². The molecule has 0 aliphatic rings. The van der Waals surface area contributed by atoms with Crippen LogP contribution in [0.15, 0.2) is 53.9 Å². The molecule has 0 spiro atoms. The first kappa shape index (κ1) is 24.4. The van der Waals surface area contributed by atoms with Gasteiger partial charge in [0.1, 0.15) is 5.75 Å². The second-order valence-electron chi connectivity index (χ2n) is 6.68. The van der Waals surface area contributed by atoms with Gasteiger partial charge in [-0.25, -0.2) is 9.59 Å². The first-order chi connectivity index (χ1) is 13.8. The summed E-state index contributed by atoms with van der Waals surface area (Å²) in [6, 6.07) is 13.3. The Balaban J connectivity index is 0.000000447. The topological polar surface area (TPSA) is 87.1 Å². The molecule has 1 atom stereocenters. The lowest BCUT2D eigenvalue weighted by Crippen LogP contribution is -2.28.